The molecule has 0 aliphatic heterocycles. The highest BCUT2D eigenvalue weighted by Crippen LogP contribution is 2.36. The van der Waals surface area contributed by atoms with E-state index in [1.165, 1.54) is 38.6 Å². The van der Waals surface area contributed by atoms with Crippen LogP contribution in [0.15, 0.2) is 58.2 Å². The topological polar surface area (TPSA) is 89.4 Å². The number of benzene rings is 2. The van der Waals surface area contributed by atoms with Gasteiger partial charge in [-0.1, -0.05) is 18.2 Å². The monoisotopic (exact) mass is 425 g/mol. The number of nitrogens with two attached hydrogens (primary N) is 1. The van der Waals surface area contributed by atoms with E-state index in [1.54, 1.807) is 24.3 Å². The van der Waals surface area contributed by atoms with Gasteiger partial charge in [-0.2, -0.15) is 13.2 Å². The van der Waals surface area contributed by atoms with Crippen molar-refractivity contribution >= 4 is 15.7 Å². The average molecular weight is 425 g/mol. The van der Waals surface area contributed by atoms with E-state index >= 15 is 0 Å². The maximum absolute atomic E-state index is 12.8. The van der Waals surface area contributed by atoms with Gasteiger partial charge in [-0.3, -0.25) is 0 Å². The molecular weight excluding hydrogens is 407 g/mol. The first kappa shape index (κ1) is 20.9. The number of hydrogen-bond acceptors (Lipinski definition) is 5. The Hall–Kier alpha value is -2.85. The number of hydrogen-bond donors (Lipinski definition) is 1. The van der Waals surface area contributed by atoms with Gasteiger partial charge in [-0.05, 0) is 36.2 Å². The van der Waals surface area contributed by atoms with Crippen molar-refractivity contribution in [3.63, 3.8) is 0 Å². The first-order valence-electron chi connectivity index (χ1n) is 8.42. The molecule has 3 aromatic rings. The Morgan fingerprint density at radius 3 is 2.24 bits per heavy atom. The maximum atomic E-state index is 12.8. The number of anilines is 1. The number of halogens is 3. The number of oxazole rings is 1. The molecule has 0 amide bonds. The standard InChI is InChI=1S/C19H18F3N3O3S/c1-12-16(25(2)11-19(20,21)22)8-7-15(17(12)29(23,26)27)13-3-5-14(6-4-13)18-24-9-10-28-18/h3-10H,11H2,1-2H3,(H2,23,26,27). The van der Waals surface area contributed by atoms with Gasteiger partial charge in [0, 0.05) is 23.9 Å². The van der Waals surface area contributed by atoms with E-state index in [0.717, 1.165) is 4.90 Å². The lowest BCUT2D eigenvalue weighted by Gasteiger charge is -2.25. The molecule has 154 valence electrons. The van der Waals surface area contributed by atoms with Gasteiger partial charge >= 0.3 is 6.18 Å². The van der Waals surface area contributed by atoms with Crippen LogP contribution in [0.25, 0.3) is 22.6 Å². The fraction of sp³-hybridized carbons (Fsp3) is 0.211. The first-order chi connectivity index (χ1) is 13.5. The third kappa shape index (κ3) is 4.60. The van der Waals surface area contributed by atoms with Crippen LogP contribution in [0.5, 0.6) is 0 Å². The van der Waals surface area contributed by atoms with Gasteiger partial charge in [0.1, 0.15) is 12.8 Å². The smallest absolute Gasteiger partial charge is 0.405 e. The number of aromatic nitrogens is 1. The minimum Gasteiger partial charge on any atom is -0.445 e. The summed E-state index contributed by atoms with van der Waals surface area (Å²) in [6.07, 6.45) is -1.50. The SMILES string of the molecule is Cc1c(N(C)CC(F)(F)F)ccc(-c2ccc(-c3ncco3)cc2)c1S(N)(=O)=O. The van der Waals surface area contributed by atoms with E-state index < -0.39 is 22.7 Å². The van der Waals surface area contributed by atoms with Crippen molar-refractivity contribution in [2.24, 2.45) is 5.14 Å². The zero-order valence-corrected chi connectivity index (χ0v) is 16.4. The molecule has 10 heteroatoms. The molecule has 1 aromatic heterocycles. The lowest BCUT2D eigenvalue weighted by molar-refractivity contribution is -0.119. The van der Waals surface area contributed by atoms with Crippen LogP contribution >= 0.6 is 0 Å². The highest BCUT2D eigenvalue weighted by Gasteiger charge is 2.31. The third-order valence-corrected chi connectivity index (χ3v) is 5.46. The molecule has 0 aliphatic rings. The van der Waals surface area contributed by atoms with Crippen molar-refractivity contribution in [1.29, 1.82) is 0 Å². The molecule has 0 atom stereocenters. The zero-order chi connectivity index (χ0) is 21.4. The minimum absolute atomic E-state index is 0.131. The molecule has 0 saturated carbocycles. The van der Waals surface area contributed by atoms with E-state index in [0.29, 0.717) is 22.6 Å². The van der Waals surface area contributed by atoms with Crippen LogP contribution in [0.4, 0.5) is 18.9 Å². The summed E-state index contributed by atoms with van der Waals surface area (Å²) in [5.74, 6) is 0.406. The van der Waals surface area contributed by atoms with Gasteiger partial charge in [0.2, 0.25) is 15.9 Å². The van der Waals surface area contributed by atoms with Gasteiger partial charge in [0.25, 0.3) is 0 Å². The Kier molecular flexibility index (Phi) is 5.42. The lowest BCUT2D eigenvalue weighted by Crippen LogP contribution is -2.31. The Morgan fingerprint density at radius 2 is 1.72 bits per heavy atom. The second-order valence-electron chi connectivity index (χ2n) is 6.52. The molecule has 2 aromatic carbocycles. The van der Waals surface area contributed by atoms with Gasteiger partial charge in [-0.25, -0.2) is 18.5 Å². The Morgan fingerprint density at radius 1 is 1.10 bits per heavy atom. The van der Waals surface area contributed by atoms with Crippen LogP contribution in [0.2, 0.25) is 0 Å². The fourth-order valence-corrected chi connectivity index (χ4v) is 4.23. The largest absolute Gasteiger partial charge is 0.445 e. The Balaban J connectivity index is 2.09. The molecule has 0 bridgehead atoms. The predicted molar refractivity (Wildman–Crippen MR) is 103 cm³/mol. The summed E-state index contributed by atoms with van der Waals surface area (Å²) in [6.45, 7) is 0.217. The van der Waals surface area contributed by atoms with Crippen molar-refractivity contribution in [1.82, 2.24) is 4.98 Å². The van der Waals surface area contributed by atoms with Crippen molar-refractivity contribution in [3.8, 4) is 22.6 Å². The molecule has 29 heavy (non-hydrogen) atoms. The van der Waals surface area contributed by atoms with E-state index in [4.69, 9.17) is 9.56 Å². The molecule has 0 spiro atoms. The fourth-order valence-electron chi connectivity index (χ4n) is 3.20. The van der Waals surface area contributed by atoms with Crippen molar-refractivity contribution in [3.05, 3.63) is 54.4 Å². The van der Waals surface area contributed by atoms with E-state index in [1.807, 2.05) is 0 Å². The van der Waals surface area contributed by atoms with Gasteiger partial charge in [-0.15, -0.1) is 0 Å². The summed E-state index contributed by atoms with van der Waals surface area (Å²) in [6, 6.07) is 9.65. The predicted octanol–water partition coefficient (Wildman–Crippen LogP) is 3.96. The van der Waals surface area contributed by atoms with E-state index in [9.17, 15) is 21.6 Å². The summed E-state index contributed by atoms with van der Waals surface area (Å²) in [7, 11) is -2.96. The van der Waals surface area contributed by atoms with Gasteiger partial charge < -0.3 is 9.32 Å². The first-order valence-corrected chi connectivity index (χ1v) is 9.96. The summed E-state index contributed by atoms with van der Waals surface area (Å²) in [5, 5.41) is 5.41. The lowest BCUT2D eigenvalue weighted by atomic mass is 10.0. The van der Waals surface area contributed by atoms with Crippen molar-refractivity contribution < 1.29 is 26.0 Å². The number of rotatable bonds is 5. The van der Waals surface area contributed by atoms with Crippen LogP contribution < -0.4 is 10.0 Å². The number of alkyl halides is 3. The maximum Gasteiger partial charge on any atom is 0.405 e. The Bertz CT molecular complexity index is 1110. The van der Waals surface area contributed by atoms with Crippen LogP contribution in [0.3, 0.4) is 0 Å². The molecule has 0 radical (unpaired) electrons. The molecule has 0 unspecified atom stereocenters. The average Bonchev–Trinajstić information content (AvgIpc) is 3.13. The quantitative estimate of drug-likeness (QED) is 0.668. The van der Waals surface area contributed by atoms with Crippen LogP contribution in [-0.2, 0) is 10.0 Å². The minimum atomic E-state index is -4.43. The molecule has 0 aliphatic carbocycles. The van der Waals surface area contributed by atoms with Gasteiger partial charge in [0.05, 0.1) is 11.1 Å². The normalized spacial score (nSPS) is 12.2. The second kappa shape index (κ2) is 7.53. The number of primary sulfonamides is 1. The summed E-state index contributed by atoms with van der Waals surface area (Å²) in [5.41, 5.74) is 1.81. The zero-order valence-electron chi connectivity index (χ0n) is 15.6. The van der Waals surface area contributed by atoms with E-state index in [-0.39, 0.29) is 16.1 Å². The molecule has 0 saturated heterocycles. The molecule has 2 N–H and O–H groups in total. The third-order valence-electron chi connectivity index (χ3n) is 4.36. The van der Waals surface area contributed by atoms with Crippen LogP contribution in [-0.4, -0.2) is 33.2 Å². The van der Waals surface area contributed by atoms with Crippen molar-refractivity contribution in [2.45, 2.75) is 18.0 Å². The van der Waals surface area contributed by atoms with E-state index in [2.05, 4.69) is 4.98 Å². The summed E-state index contributed by atoms with van der Waals surface area (Å²) in [4.78, 5) is 4.77. The molecule has 3 rings (SSSR count). The molecule has 0 fully saturated rings. The molecular formula is C19H18F3N3O3S. The van der Waals surface area contributed by atoms with Crippen molar-refractivity contribution in [2.75, 3.05) is 18.5 Å². The Labute approximate surface area is 165 Å². The molecule has 1 heterocycles. The van der Waals surface area contributed by atoms with Crippen LogP contribution in [0, 0.1) is 6.92 Å². The van der Waals surface area contributed by atoms with Crippen LogP contribution in [0.1, 0.15) is 5.56 Å². The molecule has 6 nitrogen and oxygen atoms in total. The summed E-state index contributed by atoms with van der Waals surface area (Å²) < 4.78 is 68.0. The highest BCUT2D eigenvalue weighted by atomic mass is 32.2. The number of sulfonamides is 1. The van der Waals surface area contributed by atoms with Gasteiger partial charge in [0.15, 0.2) is 0 Å². The summed E-state index contributed by atoms with van der Waals surface area (Å²) >= 11 is 0. The second-order valence-corrected chi connectivity index (χ2v) is 8.02. The highest BCUT2D eigenvalue weighted by molar-refractivity contribution is 7.89. The number of nitrogens with zero attached hydrogens (tertiary/aromatic N) is 2.